The van der Waals surface area contributed by atoms with Gasteiger partial charge >= 0.3 is 5.97 Å². The summed E-state index contributed by atoms with van der Waals surface area (Å²) in [6.45, 7) is 17.1. The minimum atomic E-state index is -1.18. The number of amides is 2. The van der Waals surface area contributed by atoms with E-state index in [-0.39, 0.29) is 37.5 Å². The Morgan fingerprint density at radius 3 is 2.38 bits per heavy atom. The molecule has 0 aromatic heterocycles. The minimum Gasteiger partial charge on any atom is -0.461 e. The third-order valence-electron chi connectivity index (χ3n) is 8.77. The van der Waals surface area contributed by atoms with Crippen molar-refractivity contribution < 1.29 is 29.0 Å². The lowest BCUT2D eigenvalue weighted by atomic mass is 9.70. The van der Waals surface area contributed by atoms with Crippen LogP contribution in [0.1, 0.15) is 40.5 Å². The molecule has 1 N–H and O–H groups in total. The van der Waals surface area contributed by atoms with Gasteiger partial charge in [0.2, 0.25) is 5.91 Å². The number of hydrogen-bond donors (Lipinski definition) is 1. The molecule has 1 aromatic carbocycles. The highest BCUT2D eigenvalue weighted by atomic mass is 16.6. The van der Waals surface area contributed by atoms with E-state index in [0.29, 0.717) is 18.5 Å². The van der Waals surface area contributed by atoms with Gasteiger partial charge in [0.15, 0.2) is 0 Å². The number of carbonyl (C=O) groups is 3. The van der Waals surface area contributed by atoms with Crippen molar-refractivity contribution in [3.05, 3.63) is 49.6 Å². The summed E-state index contributed by atoms with van der Waals surface area (Å²) in [6.07, 6.45) is 3.64. The van der Waals surface area contributed by atoms with Crippen LogP contribution in [-0.4, -0.2) is 84.4 Å². The molecule has 40 heavy (non-hydrogen) atoms. The Hall–Kier alpha value is -3.17. The number of anilines is 2. The monoisotopic (exact) mass is 553 g/mol. The molecular weight excluding hydrogens is 510 g/mol. The van der Waals surface area contributed by atoms with Gasteiger partial charge in [0.25, 0.3) is 5.91 Å². The minimum absolute atomic E-state index is 0.0316. The number of fused-ring (bicyclic) bond motifs is 1. The molecule has 3 fully saturated rings. The Morgan fingerprint density at radius 1 is 1.18 bits per heavy atom. The third-order valence-corrected chi connectivity index (χ3v) is 8.77. The van der Waals surface area contributed by atoms with Crippen molar-refractivity contribution in [1.29, 1.82) is 0 Å². The van der Waals surface area contributed by atoms with Gasteiger partial charge in [-0.25, -0.2) is 0 Å². The zero-order valence-corrected chi connectivity index (χ0v) is 24.1. The second-order valence-electron chi connectivity index (χ2n) is 11.1. The predicted octanol–water partition coefficient (Wildman–Crippen LogP) is 3.17. The standard InChI is InChI=1S/C31H43N3O6/c1-7-17-33(22-13-11-21(12-14-22)32(9-3)10-4)29(37)27-31-16-15-24(40-31)25(30(38)39-18-8-2)26(31)28(36)34(27)23(19-35)20(5)6/h7-8,11-14,20,23-27,35H,1-2,9-10,15-19H2,3-6H3/t23-,24-,25+,26-,27?,31?/m0/s1. The molecule has 1 spiro atoms. The number of likely N-dealkylation sites (tertiary alicyclic amines) is 1. The second kappa shape index (κ2) is 12.1. The second-order valence-corrected chi connectivity index (χ2v) is 11.1. The summed E-state index contributed by atoms with van der Waals surface area (Å²) in [5, 5.41) is 10.4. The van der Waals surface area contributed by atoms with E-state index in [2.05, 4.69) is 31.9 Å². The summed E-state index contributed by atoms with van der Waals surface area (Å²) in [5.41, 5.74) is 0.544. The van der Waals surface area contributed by atoms with Gasteiger partial charge in [-0.2, -0.15) is 0 Å². The van der Waals surface area contributed by atoms with Gasteiger partial charge in [0.05, 0.1) is 30.6 Å². The summed E-state index contributed by atoms with van der Waals surface area (Å²) < 4.78 is 11.9. The highest BCUT2D eigenvalue weighted by Gasteiger charge is 2.75. The fourth-order valence-corrected chi connectivity index (χ4v) is 6.88. The fourth-order valence-electron chi connectivity index (χ4n) is 6.88. The number of carbonyl (C=O) groups excluding carboxylic acids is 3. The average molecular weight is 554 g/mol. The van der Waals surface area contributed by atoms with Crippen LogP contribution in [0.5, 0.6) is 0 Å². The van der Waals surface area contributed by atoms with Crippen LogP contribution in [0.2, 0.25) is 0 Å². The van der Waals surface area contributed by atoms with E-state index in [0.717, 1.165) is 18.8 Å². The molecule has 2 unspecified atom stereocenters. The van der Waals surface area contributed by atoms with Crippen molar-refractivity contribution >= 4 is 29.2 Å². The van der Waals surface area contributed by atoms with E-state index in [4.69, 9.17) is 9.47 Å². The van der Waals surface area contributed by atoms with E-state index in [9.17, 15) is 19.5 Å². The Bertz CT molecular complexity index is 1120. The largest absolute Gasteiger partial charge is 0.461 e. The van der Waals surface area contributed by atoms with Crippen LogP contribution in [0.15, 0.2) is 49.6 Å². The maximum absolute atomic E-state index is 14.6. The summed E-state index contributed by atoms with van der Waals surface area (Å²) in [6, 6.07) is 6.15. The maximum Gasteiger partial charge on any atom is 0.312 e. The molecule has 0 radical (unpaired) electrons. The number of ether oxygens (including phenoxy) is 2. The van der Waals surface area contributed by atoms with Crippen molar-refractivity contribution in [2.45, 2.75) is 64.3 Å². The molecule has 218 valence electrons. The molecule has 4 rings (SSSR count). The van der Waals surface area contributed by atoms with Crippen LogP contribution in [0, 0.1) is 17.8 Å². The first kappa shape index (κ1) is 29.8. The highest BCUT2D eigenvalue weighted by Crippen LogP contribution is 2.59. The first-order valence-electron chi connectivity index (χ1n) is 14.4. The van der Waals surface area contributed by atoms with E-state index in [1.807, 2.05) is 38.1 Å². The van der Waals surface area contributed by atoms with Crippen molar-refractivity contribution in [3.63, 3.8) is 0 Å². The van der Waals surface area contributed by atoms with Gasteiger partial charge in [-0.1, -0.05) is 32.6 Å². The molecule has 9 heteroatoms. The molecule has 3 saturated heterocycles. The van der Waals surface area contributed by atoms with Crippen LogP contribution in [0.4, 0.5) is 11.4 Å². The van der Waals surface area contributed by atoms with Gasteiger partial charge in [0, 0.05) is 31.0 Å². The van der Waals surface area contributed by atoms with Gasteiger partial charge in [-0.15, -0.1) is 6.58 Å². The number of aliphatic hydroxyl groups is 1. The SMILES string of the molecule is C=CCOC(=O)[C@@H]1[C@@H]2CCC3(O2)C(C(=O)N(CC=C)c2ccc(N(CC)CC)cc2)N([C@@H](CO)C(C)C)C(=O)[C@H]13. The number of esters is 1. The lowest BCUT2D eigenvalue weighted by Crippen LogP contribution is -2.59. The van der Waals surface area contributed by atoms with Crippen LogP contribution >= 0.6 is 0 Å². The molecule has 1 aromatic rings. The lowest BCUT2D eigenvalue weighted by Gasteiger charge is -2.40. The van der Waals surface area contributed by atoms with Crippen LogP contribution in [-0.2, 0) is 23.9 Å². The zero-order valence-electron chi connectivity index (χ0n) is 24.1. The van der Waals surface area contributed by atoms with Crippen molar-refractivity contribution in [2.75, 3.05) is 42.6 Å². The highest BCUT2D eigenvalue weighted by molar-refractivity contribution is 6.05. The van der Waals surface area contributed by atoms with Gasteiger partial charge in [0.1, 0.15) is 18.2 Å². The molecule has 0 aliphatic carbocycles. The number of benzene rings is 1. The Balaban J connectivity index is 1.77. The first-order valence-corrected chi connectivity index (χ1v) is 14.4. The van der Waals surface area contributed by atoms with E-state index >= 15 is 0 Å². The number of nitrogens with zero attached hydrogens (tertiary/aromatic N) is 3. The number of hydrogen-bond acceptors (Lipinski definition) is 7. The first-order chi connectivity index (χ1) is 19.2. The third kappa shape index (κ3) is 4.83. The summed E-state index contributed by atoms with van der Waals surface area (Å²) in [7, 11) is 0. The Morgan fingerprint density at radius 2 is 1.82 bits per heavy atom. The fraction of sp³-hybridized carbons (Fsp3) is 0.581. The molecule has 3 heterocycles. The quantitative estimate of drug-likeness (QED) is 0.296. The number of aliphatic hydroxyl groups excluding tert-OH is 1. The molecule has 2 amide bonds. The molecule has 2 bridgehead atoms. The maximum atomic E-state index is 14.6. The van der Waals surface area contributed by atoms with Crippen LogP contribution in [0.3, 0.4) is 0 Å². The van der Waals surface area contributed by atoms with E-state index < -0.39 is 41.6 Å². The average Bonchev–Trinajstić information content (AvgIpc) is 3.59. The molecule has 0 saturated carbocycles. The predicted molar refractivity (Wildman–Crippen MR) is 154 cm³/mol. The molecule has 3 aliphatic heterocycles. The smallest absolute Gasteiger partial charge is 0.312 e. The molecule has 3 aliphatic rings. The van der Waals surface area contributed by atoms with E-state index in [1.165, 1.54) is 11.0 Å². The molecular formula is C31H43N3O6. The topological polar surface area (TPSA) is 99.6 Å². The summed E-state index contributed by atoms with van der Waals surface area (Å²) >= 11 is 0. The van der Waals surface area contributed by atoms with Crippen molar-refractivity contribution in [2.24, 2.45) is 17.8 Å². The Labute approximate surface area is 237 Å². The molecule has 6 atom stereocenters. The summed E-state index contributed by atoms with van der Waals surface area (Å²) in [4.78, 5) is 47.3. The van der Waals surface area contributed by atoms with Gasteiger partial charge < -0.3 is 29.3 Å². The van der Waals surface area contributed by atoms with Crippen LogP contribution in [0.25, 0.3) is 0 Å². The lowest BCUT2D eigenvalue weighted by molar-refractivity contribution is -0.155. The Kier molecular flexibility index (Phi) is 9.05. The normalized spacial score (nSPS) is 27.4. The molecule has 9 nitrogen and oxygen atoms in total. The zero-order chi connectivity index (χ0) is 29.2. The van der Waals surface area contributed by atoms with Gasteiger partial charge in [-0.05, 0) is 56.9 Å². The van der Waals surface area contributed by atoms with Crippen LogP contribution < -0.4 is 9.80 Å². The summed E-state index contributed by atoms with van der Waals surface area (Å²) in [5.74, 6) is -2.98. The van der Waals surface area contributed by atoms with Crippen molar-refractivity contribution in [3.8, 4) is 0 Å². The number of rotatable bonds is 13. The van der Waals surface area contributed by atoms with E-state index in [1.54, 1.807) is 11.0 Å². The van der Waals surface area contributed by atoms with Crippen molar-refractivity contribution in [1.82, 2.24) is 4.90 Å². The van der Waals surface area contributed by atoms with Gasteiger partial charge in [-0.3, -0.25) is 14.4 Å².